The van der Waals surface area contributed by atoms with Crippen molar-refractivity contribution >= 4 is 21.5 Å². The average molecular weight is 264 g/mol. The smallest absolute Gasteiger partial charge is 0.263 e. The van der Waals surface area contributed by atoms with Gasteiger partial charge < -0.3 is 5.32 Å². The number of sulfonamides is 1. The van der Waals surface area contributed by atoms with Gasteiger partial charge in [-0.3, -0.25) is 9.71 Å². The van der Waals surface area contributed by atoms with E-state index in [-0.39, 0.29) is 4.90 Å². The second kappa shape index (κ2) is 5.01. The first-order valence-corrected chi connectivity index (χ1v) is 6.67. The first-order valence-electron chi connectivity index (χ1n) is 5.18. The van der Waals surface area contributed by atoms with Gasteiger partial charge in [0.15, 0.2) is 0 Å². The van der Waals surface area contributed by atoms with E-state index in [1.54, 1.807) is 31.4 Å². The monoisotopic (exact) mass is 264 g/mol. The zero-order valence-corrected chi connectivity index (χ0v) is 10.5. The third-order valence-electron chi connectivity index (χ3n) is 2.22. The Hall–Kier alpha value is -2.15. The third-order valence-corrected chi connectivity index (χ3v) is 3.58. The lowest BCUT2D eigenvalue weighted by atomic mass is 10.4. The average Bonchev–Trinajstić information content (AvgIpc) is 2.39. The van der Waals surface area contributed by atoms with E-state index in [4.69, 9.17) is 0 Å². The molecule has 0 aliphatic rings. The fourth-order valence-electron chi connectivity index (χ4n) is 1.32. The normalized spacial score (nSPS) is 10.9. The van der Waals surface area contributed by atoms with Crippen LogP contribution >= 0.6 is 0 Å². The fourth-order valence-corrected chi connectivity index (χ4v) is 2.31. The maximum absolute atomic E-state index is 12.0. The summed E-state index contributed by atoms with van der Waals surface area (Å²) in [6, 6.07) is 6.36. The molecule has 0 bridgehead atoms. The van der Waals surface area contributed by atoms with Gasteiger partial charge in [-0.15, -0.1) is 0 Å². The van der Waals surface area contributed by atoms with Crippen molar-refractivity contribution in [2.75, 3.05) is 17.1 Å². The van der Waals surface area contributed by atoms with E-state index in [1.165, 1.54) is 18.5 Å². The van der Waals surface area contributed by atoms with Crippen molar-refractivity contribution in [3.8, 4) is 0 Å². The molecule has 0 unspecified atom stereocenters. The van der Waals surface area contributed by atoms with Crippen molar-refractivity contribution in [3.63, 3.8) is 0 Å². The molecule has 2 aromatic heterocycles. The Balaban J connectivity index is 2.25. The lowest BCUT2D eigenvalue weighted by Gasteiger charge is -2.07. The Bertz CT molecular complexity index is 611. The van der Waals surface area contributed by atoms with Crippen LogP contribution in [-0.4, -0.2) is 25.4 Å². The molecule has 0 aliphatic carbocycles. The highest BCUT2D eigenvalue weighted by Crippen LogP contribution is 2.15. The molecule has 2 aromatic rings. The summed E-state index contributed by atoms with van der Waals surface area (Å²) in [4.78, 5) is 7.90. The van der Waals surface area contributed by atoms with Crippen molar-refractivity contribution < 1.29 is 8.42 Å². The SMILES string of the molecule is CNc1ccc(S(=O)(=O)Nc2cccnc2)cn1. The van der Waals surface area contributed by atoms with E-state index in [0.29, 0.717) is 11.5 Å². The quantitative estimate of drug-likeness (QED) is 0.870. The van der Waals surface area contributed by atoms with E-state index < -0.39 is 10.0 Å². The van der Waals surface area contributed by atoms with E-state index in [2.05, 4.69) is 20.0 Å². The standard InChI is InChI=1S/C11H12N4O2S/c1-12-11-5-4-10(8-14-11)18(16,17)15-9-3-2-6-13-7-9/h2-8,15H,1H3,(H,12,14). The molecule has 6 nitrogen and oxygen atoms in total. The minimum absolute atomic E-state index is 0.102. The van der Waals surface area contributed by atoms with Crippen molar-refractivity contribution in [2.24, 2.45) is 0 Å². The predicted molar refractivity (Wildman–Crippen MR) is 68.8 cm³/mol. The molecule has 94 valence electrons. The van der Waals surface area contributed by atoms with Gasteiger partial charge in [0.25, 0.3) is 10.0 Å². The van der Waals surface area contributed by atoms with Gasteiger partial charge in [0, 0.05) is 19.4 Å². The second-order valence-electron chi connectivity index (χ2n) is 3.48. The summed E-state index contributed by atoms with van der Waals surface area (Å²) in [5.41, 5.74) is 0.412. The molecular formula is C11H12N4O2S. The number of rotatable bonds is 4. The van der Waals surface area contributed by atoms with Crippen LogP contribution < -0.4 is 10.0 Å². The van der Waals surface area contributed by atoms with Gasteiger partial charge in [-0.25, -0.2) is 13.4 Å². The number of nitrogens with one attached hydrogen (secondary N) is 2. The number of pyridine rings is 2. The van der Waals surface area contributed by atoms with Gasteiger partial charge in [-0.1, -0.05) is 0 Å². The van der Waals surface area contributed by atoms with Crippen LogP contribution in [0.5, 0.6) is 0 Å². The molecule has 2 heterocycles. The number of anilines is 2. The Labute approximate surface area is 105 Å². The zero-order valence-electron chi connectivity index (χ0n) is 9.66. The van der Waals surface area contributed by atoms with Gasteiger partial charge in [0.1, 0.15) is 10.7 Å². The van der Waals surface area contributed by atoms with Crippen molar-refractivity contribution in [1.29, 1.82) is 0 Å². The highest BCUT2D eigenvalue weighted by molar-refractivity contribution is 7.92. The second-order valence-corrected chi connectivity index (χ2v) is 5.16. The molecular weight excluding hydrogens is 252 g/mol. The topological polar surface area (TPSA) is 84.0 Å². The molecule has 0 saturated carbocycles. The maximum Gasteiger partial charge on any atom is 0.263 e. The highest BCUT2D eigenvalue weighted by atomic mass is 32.2. The molecule has 0 atom stereocenters. The highest BCUT2D eigenvalue weighted by Gasteiger charge is 2.14. The van der Waals surface area contributed by atoms with Crippen LogP contribution in [0.3, 0.4) is 0 Å². The van der Waals surface area contributed by atoms with Crippen molar-refractivity contribution in [1.82, 2.24) is 9.97 Å². The van der Waals surface area contributed by atoms with E-state index in [9.17, 15) is 8.42 Å². The Morgan fingerprint density at radius 3 is 2.56 bits per heavy atom. The molecule has 0 radical (unpaired) electrons. The van der Waals surface area contributed by atoms with Gasteiger partial charge in [0.05, 0.1) is 11.9 Å². The number of aromatic nitrogens is 2. The minimum atomic E-state index is -3.62. The van der Waals surface area contributed by atoms with Gasteiger partial charge >= 0.3 is 0 Å². The van der Waals surface area contributed by atoms with E-state index in [1.807, 2.05) is 0 Å². The fraction of sp³-hybridized carbons (Fsp3) is 0.0909. The Kier molecular flexibility index (Phi) is 3.42. The third kappa shape index (κ3) is 2.75. The van der Waals surface area contributed by atoms with Gasteiger partial charge in [-0.05, 0) is 24.3 Å². The predicted octanol–water partition coefficient (Wildman–Crippen LogP) is 1.32. The van der Waals surface area contributed by atoms with Crippen LogP contribution in [0, 0.1) is 0 Å². The maximum atomic E-state index is 12.0. The minimum Gasteiger partial charge on any atom is -0.373 e. The molecule has 0 aromatic carbocycles. The molecule has 0 saturated heterocycles. The summed E-state index contributed by atoms with van der Waals surface area (Å²) >= 11 is 0. The molecule has 2 rings (SSSR count). The molecule has 18 heavy (non-hydrogen) atoms. The molecule has 0 amide bonds. The summed E-state index contributed by atoms with van der Waals surface area (Å²) in [5.74, 6) is 0.607. The van der Waals surface area contributed by atoms with Crippen LogP contribution in [-0.2, 0) is 10.0 Å². The number of nitrogens with zero attached hydrogens (tertiary/aromatic N) is 2. The first kappa shape index (κ1) is 12.3. The lowest BCUT2D eigenvalue weighted by molar-refractivity contribution is 0.601. The summed E-state index contributed by atoms with van der Waals surface area (Å²) in [6.45, 7) is 0. The summed E-state index contributed by atoms with van der Waals surface area (Å²) in [6.07, 6.45) is 4.30. The molecule has 0 aliphatic heterocycles. The van der Waals surface area contributed by atoms with Crippen LogP contribution in [0.2, 0.25) is 0 Å². The van der Waals surface area contributed by atoms with Crippen LogP contribution in [0.4, 0.5) is 11.5 Å². The summed E-state index contributed by atoms with van der Waals surface area (Å²) in [5, 5.41) is 2.82. The van der Waals surface area contributed by atoms with E-state index >= 15 is 0 Å². The van der Waals surface area contributed by atoms with Crippen LogP contribution in [0.25, 0.3) is 0 Å². The summed E-state index contributed by atoms with van der Waals surface area (Å²) < 4.78 is 26.4. The van der Waals surface area contributed by atoms with Crippen molar-refractivity contribution in [3.05, 3.63) is 42.9 Å². The largest absolute Gasteiger partial charge is 0.373 e. The molecule has 0 spiro atoms. The number of hydrogen-bond acceptors (Lipinski definition) is 5. The van der Waals surface area contributed by atoms with Crippen molar-refractivity contribution in [2.45, 2.75) is 4.90 Å². The Morgan fingerprint density at radius 1 is 1.17 bits per heavy atom. The zero-order chi connectivity index (χ0) is 13.0. The number of hydrogen-bond donors (Lipinski definition) is 2. The van der Waals surface area contributed by atoms with Gasteiger partial charge in [-0.2, -0.15) is 0 Å². The Morgan fingerprint density at radius 2 is 2.00 bits per heavy atom. The van der Waals surface area contributed by atoms with Crippen LogP contribution in [0.15, 0.2) is 47.8 Å². The van der Waals surface area contributed by atoms with Gasteiger partial charge in [0.2, 0.25) is 0 Å². The lowest BCUT2D eigenvalue weighted by Crippen LogP contribution is -2.13. The first-order chi connectivity index (χ1) is 8.62. The molecule has 7 heteroatoms. The van der Waals surface area contributed by atoms with E-state index in [0.717, 1.165) is 0 Å². The summed E-state index contributed by atoms with van der Waals surface area (Å²) in [7, 11) is -1.91. The molecule has 2 N–H and O–H groups in total. The van der Waals surface area contributed by atoms with Crippen LogP contribution in [0.1, 0.15) is 0 Å². The molecule has 0 fully saturated rings.